The number of carbonyl (C=O) groups is 2. The summed E-state index contributed by atoms with van der Waals surface area (Å²) in [5, 5.41) is 4.20. The van der Waals surface area contributed by atoms with Crippen molar-refractivity contribution in [1.29, 1.82) is 0 Å². The molecule has 3 rings (SSSR count). The van der Waals surface area contributed by atoms with Gasteiger partial charge in [-0.15, -0.1) is 0 Å². The molecule has 1 aliphatic heterocycles. The van der Waals surface area contributed by atoms with E-state index in [1.54, 1.807) is 30.2 Å². The van der Waals surface area contributed by atoms with Gasteiger partial charge in [-0.1, -0.05) is 0 Å². The highest BCUT2D eigenvalue weighted by molar-refractivity contribution is 5.87. The lowest BCUT2D eigenvalue weighted by molar-refractivity contribution is -0.127. The lowest BCUT2D eigenvalue weighted by Gasteiger charge is -2.13. The highest BCUT2D eigenvalue weighted by Gasteiger charge is 2.29. The van der Waals surface area contributed by atoms with E-state index >= 15 is 0 Å². The molecule has 7 heteroatoms. The monoisotopic (exact) mass is 345 g/mol. The number of aryl methyl sites for hydroxylation is 1. The number of nitrogens with zero attached hydrogens (tertiary/aromatic N) is 3. The van der Waals surface area contributed by atoms with Gasteiger partial charge < -0.3 is 9.64 Å². The topological polar surface area (TPSA) is 64.4 Å². The molecule has 25 heavy (non-hydrogen) atoms. The molecule has 2 aromatic rings. The first-order valence-electron chi connectivity index (χ1n) is 8.25. The third kappa shape index (κ3) is 3.70. The Morgan fingerprint density at radius 3 is 2.88 bits per heavy atom. The minimum absolute atomic E-state index is 0.0258. The number of carbonyl (C=O) groups excluding carboxylic acids is 2. The van der Waals surface area contributed by atoms with Crippen LogP contribution in [-0.4, -0.2) is 46.3 Å². The van der Waals surface area contributed by atoms with E-state index in [2.05, 4.69) is 5.10 Å². The summed E-state index contributed by atoms with van der Waals surface area (Å²) in [6.07, 6.45) is 2.04. The van der Waals surface area contributed by atoms with Gasteiger partial charge >= 0.3 is 5.97 Å². The Morgan fingerprint density at radius 2 is 2.20 bits per heavy atom. The summed E-state index contributed by atoms with van der Waals surface area (Å²) in [4.78, 5) is 25.6. The Labute approximate surface area is 145 Å². The molecule has 0 unspecified atom stereocenters. The number of hydrogen-bond acceptors (Lipinski definition) is 4. The van der Waals surface area contributed by atoms with Crippen molar-refractivity contribution in [3.8, 4) is 5.69 Å². The van der Waals surface area contributed by atoms with Crippen molar-refractivity contribution < 1.29 is 18.7 Å². The van der Waals surface area contributed by atoms with Crippen LogP contribution >= 0.6 is 0 Å². The third-order valence-electron chi connectivity index (χ3n) is 4.33. The Morgan fingerprint density at radius 1 is 1.40 bits per heavy atom. The summed E-state index contributed by atoms with van der Waals surface area (Å²) in [6, 6.07) is 5.92. The first-order chi connectivity index (χ1) is 12.0. The van der Waals surface area contributed by atoms with E-state index in [1.165, 1.54) is 16.8 Å². The number of aromatic nitrogens is 2. The van der Waals surface area contributed by atoms with Gasteiger partial charge in [-0.2, -0.15) is 5.10 Å². The van der Waals surface area contributed by atoms with Crippen LogP contribution in [0, 0.1) is 18.7 Å². The van der Waals surface area contributed by atoms with E-state index in [0.717, 1.165) is 0 Å². The van der Waals surface area contributed by atoms with Gasteiger partial charge in [-0.3, -0.25) is 4.79 Å². The number of likely N-dealkylation sites (tertiary alicyclic amines) is 1. The molecule has 0 spiro atoms. The predicted molar refractivity (Wildman–Crippen MR) is 88.9 cm³/mol. The average molecular weight is 345 g/mol. The Balaban J connectivity index is 1.62. The van der Waals surface area contributed by atoms with Crippen LogP contribution in [0.5, 0.6) is 0 Å². The first-order valence-corrected chi connectivity index (χ1v) is 8.25. The second-order valence-corrected chi connectivity index (χ2v) is 6.18. The molecule has 0 radical (unpaired) electrons. The fourth-order valence-corrected chi connectivity index (χ4v) is 2.98. The van der Waals surface area contributed by atoms with Crippen LogP contribution in [0.25, 0.3) is 5.69 Å². The quantitative estimate of drug-likeness (QED) is 0.781. The molecule has 0 bridgehead atoms. The normalized spacial score (nSPS) is 17.2. The average Bonchev–Trinajstić information content (AvgIpc) is 3.19. The molecule has 132 valence electrons. The van der Waals surface area contributed by atoms with Gasteiger partial charge in [0, 0.05) is 31.6 Å². The molecule has 1 aliphatic rings. The highest BCUT2D eigenvalue weighted by atomic mass is 19.1. The van der Waals surface area contributed by atoms with E-state index < -0.39 is 5.97 Å². The summed E-state index contributed by atoms with van der Waals surface area (Å²) in [6.45, 7) is 5.19. The molecule has 6 nitrogen and oxygen atoms in total. The van der Waals surface area contributed by atoms with Crippen LogP contribution in [0.3, 0.4) is 0 Å². The third-order valence-corrected chi connectivity index (χ3v) is 4.33. The summed E-state index contributed by atoms with van der Waals surface area (Å²) < 4.78 is 20.0. The van der Waals surface area contributed by atoms with Crippen molar-refractivity contribution >= 4 is 11.9 Å². The second kappa shape index (κ2) is 7.04. The zero-order chi connectivity index (χ0) is 18.0. The Bertz CT molecular complexity index is 803. The van der Waals surface area contributed by atoms with Crippen LogP contribution in [0.4, 0.5) is 4.39 Å². The summed E-state index contributed by atoms with van der Waals surface area (Å²) in [5.74, 6) is -0.723. The predicted octanol–water partition coefficient (Wildman–Crippen LogP) is 2.35. The number of benzene rings is 1. The zero-order valence-corrected chi connectivity index (χ0v) is 14.2. The van der Waals surface area contributed by atoms with Gasteiger partial charge in [-0.25, -0.2) is 13.9 Å². The fourth-order valence-electron chi connectivity index (χ4n) is 2.98. The van der Waals surface area contributed by atoms with Gasteiger partial charge in [0.1, 0.15) is 5.82 Å². The van der Waals surface area contributed by atoms with Crippen LogP contribution in [0.15, 0.2) is 30.5 Å². The fraction of sp³-hybridized carbons (Fsp3) is 0.389. The highest BCUT2D eigenvalue weighted by Crippen LogP contribution is 2.19. The molecule has 0 N–H and O–H groups in total. The lowest BCUT2D eigenvalue weighted by atomic mass is 10.1. The Kier molecular flexibility index (Phi) is 4.83. The maximum atomic E-state index is 13.2. The number of esters is 1. The molecule has 1 atom stereocenters. The number of rotatable bonds is 5. The number of ether oxygens (including phenoxy) is 1. The molecule has 0 saturated carbocycles. The molecule has 0 aliphatic carbocycles. The van der Waals surface area contributed by atoms with Gasteiger partial charge in [0.15, 0.2) is 5.69 Å². The smallest absolute Gasteiger partial charge is 0.358 e. The van der Waals surface area contributed by atoms with E-state index in [4.69, 9.17) is 4.74 Å². The Hall–Kier alpha value is -2.70. The van der Waals surface area contributed by atoms with Gasteiger partial charge in [0.2, 0.25) is 5.91 Å². The maximum absolute atomic E-state index is 13.2. The van der Waals surface area contributed by atoms with Gasteiger partial charge in [-0.05, 0) is 43.7 Å². The molecule has 2 heterocycles. The number of hydrogen-bond donors (Lipinski definition) is 0. The molecule has 1 aromatic heterocycles. The molecule has 1 saturated heterocycles. The van der Waals surface area contributed by atoms with Crippen molar-refractivity contribution in [2.75, 3.05) is 19.7 Å². The van der Waals surface area contributed by atoms with Gasteiger partial charge in [0.25, 0.3) is 0 Å². The van der Waals surface area contributed by atoms with Crippen LogP contribution in [0.2, 0.25) is 0 Å². The lowest BCUT2D eigenvalue weighted by Crippen LogP contribution is -2.25. The van der Waals surface area contributed by atoms with Crippen LogP contribution < -0.4 is 0 Å². The maximum Gasteiger partial charge on any atom is 0.358 e. The summed E-state index contributed by atoms with van der Waals surface area (Å²) >= 11 is 0. The van der Waals surface area contributed by atoms with Crippen molar-refractivity contribution in [2.24, 2.45) is 5.92 Å². The van der Waals surface area contributed by atoms with Crippen molar-refractivity contribution in [3.63, 3.8) is 0 Å². The SMILES string of the molecule is CCN1C[C@@H](COC(=O)c2ccn(-c3ccc(F)cc3C)n2)CC1=O. The molecule has 1 amide bonds. The van der Waals surface area contributed by atoms with E-state index in [0.29, 0.717) is 30.8 Å². The number of halogens is 1. The van der Waals surface area contributed by atoms with E-state index in [9.17, 15) is 14.0 Å². The minimum atomic E-state index is -0.527. The van der Waals surface area contributed by atoms with Crippen molar-refractivity contribution in [1.82, 2.24) is 14.7 Å². The van der Waals surface area contributed by atoms with E-state index in [-0.39, 0.29) is 29.9 Å². The zero-order valence-electron chi connectivity index (χ0n) is 14.2. The van der Waals surface area contributed by atoms with Crippen LogP contribution in [-0.2, 0) is 9.53 Å². The molecular weight excluding hydrogens is 325 g/mol. The molecule has 1 aromatic carbocycles. The van der Waals surface area contributed by atoms with Crippen molar-refractivity contribution in [3.05, 3.63) is 47.5 Å². The largest absolute Gasteiger partial charge is 0.461 e. The van der Waals surface area contributed by atoms with Crippen LogP contribution in [0.1, 0.15) is 29.4 Å². The molecular formula is C18H20FN3O3. The second-order valence-electron chi connectivity index (χ2n) is 6.18. The summed E-state index contributed by atoms with van der Waals surface area (Å²) in [7, 11) is 0. The van der Waals surface area contributed by atoms with E-state index in [1.807, 2.05) is 6.92 Å². The minimum Gasteiger partial charge on any atom is -0.461 e. The summed E-state index contributed by atoms with van der Waals surface area (Å²) in [5.41, 5.74) is 1.59. The standard InChI is InChI=1S/C18H20FN3O3/c1-3-21-10-13(9-17(21)23)11-25-18(24)15-6-7-22(20-15)16-5-4-14(19)8-12(16)2/h4-8,13H,3,9-11H2,1-2H3/t13-/m0/s1. The van der Waals surface area contributed by atoms with Crippen molar-refractivity contribution in [2.45, 2.75) is 20.3 Å². The number of amides is 1. The first kappa shape index (κ1) is 17.1. The van der Waals surface area contributed by atoms with Gasteiger partial charge in [0.05, 0.1) is 12.3 Å². The molecule has 1 fully saturated rings.